The molecule has 4 heterocycles. The quantitative estimate of drug-likeness (QED) is 0.156. The van der Waals surface area contributed by atoms with Crippen LogP contribution in [-0.2, 0) is 43.2 Å². The molecule has 0 aromatic heterocycles. The summed E-state index contributed by atoms with van der Waals surface area (Å²) in [4.78, 5) is 40.8. The van der Waals surface area contributed by atoms with Crippen molar-refractivity contribution in [2.45, 2.75) is 175 Å². The number of aliphatic hydroxyl groups is 1. The van der Waals surface area contributed by atoms with Crippen LogP contribution in [0.3, 0.4) is 0 Å². The topological polar surface area (TPSA) is 132 Å². The maximum Gasteiger partial charge on any atom is 0.434 e. The number of hydrogen-bond donors (Lipinski definition) is 3. The van der Waals surface area contributed by atoms with Crippen LogP contribution in [0, 0.1) is 11.6 Å². The second-order valence-electron chi connectivity index (χ2n) is 20.3. The number of nitrogens with one attached hydrogen (secondary N) is 1. The van der Waals surface area contributed by atoms with Crippen LogP contribution < -0.4 is 5.32 Å². The Labute approximate surface area is 417 Å². The van der Waals surface area contributed by atoms with Crippen molar-refractivity contribution < 1.29 is 95.5 Å². The minimum absolute atomic E-state index is 0.0670. The summed E-state index contributed by atoms with van der Waals surface area (Å²) in [6, 6.07) is 9.62. The molecule has 3 N–H and O–H groups in total. The first-order valence-electron chi connectivity index (χ1n) is 24.5. The number of rotatable bonds is 10. The molecular weight excluding hydrogens is 1020 g/mol. The van der Waals surface area contributed by atoms with Gasteiger partial charge in [0.15, 0.2) is 0 Å². The van der Waals surface area contributed by atoms with Gasteiger partial charge in [0.2, 0.25) is 6.10 Å². The number of halogens is 14. The van der Waals surface area contributed by atoms with Crippen LogP contribution in [0.1, 0.15) is 125 Å². The maximum absolute atomic E-state index is 14.6. The molecule has 2 aromatic rings. The normalized spacial score (nSPS) is 21.9. The third kappa shape index (κ3) is 13.7. The number of hydrogen-bond acceptors (Lipinski definition) is 9. The summed E-state index contributed by atoms with van der Waals surface area (Å²) < 4.78 is 181. The summed E-state index contributed by atoms with van der Waals surface area (Å²) in [5.74, 6) is -1.57. The van der Waals surface area contributed by atoms with Crippen LogP contribution in [0.2, 0.25) is 0 Å². The molecule has 2 spiro atoms. The van der Waals surface area contributed by atoms with Gasteiger partial charge < -0.3 is 29.9 Å². The molecule has 2 aliphatic carbocycles. The molecule has 25 heteroatoms. The molecular formula is C49H60F14N4O7. The molecule has 0 unspecified atom stereocenters. The highest BCUT2D eigenvalue weighted by molar-refractivity contribution is 5.82. The number of benzene rings is 2. The van der Waals surface area contributed by atoms with E-state index in [-0.39, 0.29) is 24.4 Å². The number of alkyl halides is 12. The Morgan fingerprint density at radius 2 is 1.04 bits per heavy atom. The standard InChI is InChI=1S/C25H29F7N2O4.C21H29FN2O2.C3H2F6O/c26-19-13-17(12-18(14-19)23(37-16-35)5-1-2-6-23)15-34-9-3-4-22(34)7-10-33(11-8-22)21(36)38-20(24(27,28)29)25(30,31)32;22-18-13-16(12-17(14-18)21(19(25)26)5-1-2-6-21)15-24-11-3-4-20(24)7-9-23-10-8-20;4-2(5,6)1(10)3(7,8)9/h12-14,16,20H,1-11,15H2;12-14,23H,1-11,15H2,(H,25,26);1,10H. The van der Waals surface area contributed by atoms with Gasteiger partial charge in [-0.3, -0.25) is 19.4 Å². The highest BCUT2D eigenvalue weighted by atomic mass is 19.4. The summed E-state index contributed by atoms with van der Waals surface area (Å²) in [6.45, 7) is 5.14. The number of piperidine rings is 2. The summed E-state index contributed by atoms with van der Waals surface area (Å²) >= 11 is 0. The third-order valence-corrected chi connectivity index (χ3v) is 15.7. The molecule has 6 fully saturated rings. The van der Waals surface area contributed by atoms with E-state index in [9.17, 15) is 81.0 Å². The van der Waals surface area contributed by atoms with Gasteiger partial charge in [0, 0.05) is 37.3 Å². The van der Waals surface area contributed by atoms with Gasteiger partial charge in [0.1, 0.15) is 17.2 Å². The van der Waals surface area contributed by atoms with Crippen molar-refractivity contribution in [2.24, 2.45) is 0 Å². The molecule has 416 valence electrons. The first kappa shape index (κ1) is 58.8. The van der Waals surface area contributed by atoms with E-state index < -0.39 is 71.3 Å². The Kier molecular flexibility index (Phi) is 18.3. The largest absolute Gasteiger partial charge is 0.481 e. The number of amides is 1. The number of aliphatic carboxylic acids is 1. The zero-order valence-electron chi connectivity index (χ0n) is 40.2. The van der Waals surface area contributed by atoms with Crippen LogP contribution >= 0.6 is 0 Å². The summed E-state index contributed by atoms with van der Waals surface area (Å²) in [7, 11) is 0. The Hall–Kier alpha value is -4.49. The lowest BCUT2D eigenvalue weighted by Gasteiger charge is -2.45. The summed E-state index contributed by atoms with van der Waals surface area (Å²) in [6.07, 6.45) is -20.1. The molecule has 4 saturated heterocycles. The highest BCUT2D eigenvalue weighted by Gasteiger charge is 2.61. The first-order chi connectivity index (χ1) is 34.5. The van der Waals surface area contributed by atoms with Crippen LogP contribution in [-0.4, -0.2) is 131 Å². The number of aliphatic hydroxyl groups excluding tert-OH is 1. The second-order valence-corrected chi connectivity index (χ2v) is 20.3. The van der Waals surface area contributed by atoms with Gasteiger partial charge in [-0.15, -0.1) is 0 Å². The smallest absolute Gasteiger partial charge is 0.434 e. The van der Waals surface area contributed by atoms with Crippen LogP contribution in [0.4, 0.5) is 66.3 Å². The fourth-order valence-electron chi connectivity index (χ4n) is 11.9. The van der Waals surface area contributed by atoms with E-state index in [2.05, 4.69) is 19.9 Å². The van der Waals surface area contributed by atoms with Crippen LogP contribution in [0.15, 0.2) is 36.4 Å². The lowest BCUT2D eigenvalue weighted by atomic mass is 9.78. The van der Waals surface area contributed by atoms with E-state index in [4.69, 9.17) is 9.84 Å². The Morgan fingerprint density at radius 3 is 1.47 bits per heavy atom. The molecule has 2 aromatic carbocycles. The minimum atomic E-state index is -5.77. The predicted molar refractivity (Wildman–Crippen MR) is 236 cm³/mol. The molecule has 74 heavy (non-hydrogen) atoms. The van der Waals surface area contributed by atoms with Gasteiger partial charge in [0.05, 0.1) is 5.41 Å². The second kappa shape index (κ2) is 23.0. The molecule has 8 rings (SSSR count). The van der Waals surface area contributed by atoms with Gasteiger partial charge in [-0.25, -0.2) is 13.6 Å². The van der Waals surface area contributed by atoms with Gasteiger partial charge in [0.25, 0.3) is 12.6 Å². The highest BCUT2D eigenvalue weighted by Crippen LogP contribution is 2.46. The maximum atomic E-state index is 14.6. The van der Waals surface area contributed by atoms with Gasteiger partial charge >= 0.3 is 36.8 Å². The predicted octanol–water partition coefficient (Wildman–Crippen LogP) is 10.7. The van der Waals surface area contributed by atoms with Crippen molar-refractivity contribution in [3.63, 3.8) is 0 Å². The van der Waals surface area contributed by atoms with Crippen molar-refractivity contribution in [1.29, 1.82) is 0 Å². The fourth-order valence-corrected chi connectivity index (χ4v) is 11.9. The molecule has 6 aliphatic rings. The van der Waals surface area contributed by atoms with E-state index in [1.165, 1.54) is 31.0 Å². The fraction of sp³-hybridized carbons (Fsp3) is 0.694. The first-order valence-corrected chi connectivity index (χ1v) is 24.5. The van der Waals surface area contributed by atoms with Crippen LogP contribution in [0.25, 0.3) is 0 Å². The van der Waals surface area contributed by atoms with E-state index >= 15 is 0 Å². The molecule has 0 radical (unpaired) electrons. The van der Waals surface area contributed by atoms with Crippen molar-refractivity contribution in [3.8, 4) is 0 Å². The van der Waals surface area contributed by atoms with E-state index in [0.29, 0.717) is 74.8 Å². The summed E-state index contributed by atoms with van der Waals surface area (Å²) in [5.41, 5.74) is 0.903. The van der Waals surface area contributed by atoms with Gasteiger partial charge in [-0.1, -0.05) is 25.0 Å². The lowest BCUT2D eigenvalue weighted by Crippen LogP contribution is -2.54. The zero-order valence-corrected chi connectivity index (χ0v) is 40.2. The average molecular weight is 1080 g/mol. The Morgan fingerprint density at radius 1 is 0.595 bits per heavy atom. The van der Waals surface area contributed by atoms with Gasteiger partial charge in [-0.2, -0.15) is 52.7 Å². The molecule has 2 saturated carbocycles. The number of likely N-dealkylation sites (tertiary alicyclic amines) is 3. The van der Waals surface area contributed by atoms with Crippen molar-refractivity contribution in [3.05, 3.63) is 70.3 Å². The summed E-state index contributed by atoms with van der Waals surface area (Å²) in [5, 5.41) is 20.8. The number of carboxylic acid groups (broad SMARTS) is 1. The molecule has 11 nitrogen and oxygen atoms in total. The van der Waals surface area contributed by atoms with E-state index in [1.807, 2.05) is 12.1 Å². The zero-order chi connectivity index (χ0) is 54.5. The number of carbonyl (C=O) groups is 3. The van der Waals surface area contributed by atoms with Crippen LogP contribution in [0.5, 0.6) is 0 Å². The third-order valence-electron chi connectivity index (χ3n) is 15.7. The minimum Gasteiger partial charge on any atom is -0.481 e. The lowest BCUT2D eigenvalue weighted by molar-refractivity contribution is -0.309. The average Bonchev–Trinajstić information content (AvgIpc) is 4.14. The Bertz CT molecular complexity index is 2200. The monoisotopic (exact) mass is 1080 g/mol. The molecule has 0 atom stereocenters. The number of ether oxygens (including phenoxy) is 2. The van der Waals surface area contributed by atoms with Crippen molar-refractivity contribution >= 4 is 18.5 Å². The van der Waals surface area contributed by atoms with Crippen molar-refractivity contribution in [2.75, 3.05) is 39.3 Å². The molecule has 4 aliphatic heterocycles. The SMILES string of the molecule is O=C(O)C1(c2cc(F)cc(CN3CCCC34CCNCC4)c2)CCCC1.O=COC1(c2cc(F)cc(CN3CCCC34CCN(C(=O)OC(C(F)(F)F)C(F)(F)F)CC4)c2)CCCC1.OC(C(F)(F)F)C(F)(F)F. The van der Waals surface area contributed by atoms with E-state index in [1.54, 1.807) is 6.07 Å². The molecule has 0 bridgehead atoms. The van der Waals surface area contributed by atoms with Crippen molar-refractivity contribution in [1.82, 2.24) is 20.0 Å². The number of nitrogens with zero attached hydrogens (tertiary/aromatic N) is 3. The van der Waals surface area contributed by atoms with Gasteiger partial charge in [-0.05, 0) is 163 Å². The number of carboxylic acids is 1. The molecule has 1 amide bonds. The Balaban J connectivity index is 0.000000213. The number of carbonyl (C=O) groups excluding carboxylic acids is 2. The van der Waals surface area contributed by atoms with E-state index in [0.717, 1.165) is 88.0 Å².